The maximum absolute atomic E-state index is 12.2. The molecule has 0 spiro atoms. The van der Waals surface area contributed by atoms with Crippen molar-refractivity contribution >= 4 is 33.2 Å². The lowest BCUT2D eigenvalue weighted by atomic mass is 10.2. The number of carbonyl (C=O) groups is 1. The van der Waals surface area contributed by atoms with Gasteiger partial charge in [0.05, 0.1) is 4.88 Å². The summed E-state index contributed by atoms with van der Waals surface area (Å²) in [6.07, 6.45) is 0. The largest absolute Gasteiger partial charge is 0.333 e. The molecule has 0 unspecified atom stereocenters. The van der Waals surface area contributed by atoms with Crippen molar-refractivity contribution in [3.63, 3.8) is 0 Å². The van der Waals surface area contributed by atoms with Crippen LogP contribution in [0.1, 0.15) is 37.4 Å². The fourth-order valence-corrected chi connectivity index (χ4v) is 2.99. The van der Waals surface area contributed by atoms with Gasteiger partial charge in [0.15, 0.2) is 0 Å². The lowest BCUT2D eigenvalue weighted by molar-refractivity contribution is 0.0649. The zero-order chi connectivity index (χ0) is 11.6. The van der Waals surface area contributed by atoms with Crippen LogP contribution in [-0.2, 0) is 0 Å². The second-order valence-electron chi connectivity index (χ2n) is 4.03. The van der Waals surface area contributed by atoms with Gasteiger partial charge in [0.2, 0.25) is 0 Å². The highest BCUT2D eigenvalue weighted by molar-refractivity contribution is 9.10. The van der Waals surface area contributed by atoms with E-state index in [0.717, 1.165) is 9.35 Å². The second-order valence-corrected chi connectivity index (χ2v) is 5.86. The van der Waals surface area contributed by atoms with Gasteiger partial charge in [-0.3, -0.25) is 4.79 Å². The number of hydrogen-bond donors (Lipinski definition) is 0. The summed E-state index contributed by atoms with van der Waals surface area (Å²) in [5.74, 6) is 0.121. The van der Waals surface area contributed by atoms with Gasteiger partial charge < -0.3 is 4.90 Å². The van der Waals surface area contributed by atoms with Crippen LogP contribution in [0.25, 0.3) is 0 Å². The molecule has 2 nitrogen and oxygen atoms in total. The molecule has 0 saturated carbocycles. The topological polar surface area (TPSA) is 20.3 Å². The summed E-state index contributed by atoms with van der Waals surface area (Å²) in [7, 11) is 0. The molecule has 15 heavy (non-hydrogen) atoms. The van der Waals surface area contributed by atoms with Crippen LogP contribution in [0.15, 0.2) is 15.9 Å². The molecule has 0 atom stereocenters. The Morgan fingerprint density at radius 1 is 1.33 bits per heavy atom. The van der Waals surface area contributed by atoms with Crippen LogP contribution in [0, 0.1) is 0 Å². The number of hydrogen-bond acceptors (Lipinski definition) is 2. The van der Waals surface area contributed by atoms with Crippen molar-refractivity contribution < 1.29 is 4.79 Å². The fourth-order valence-electron chi connectivity index (χ4n) is 1.62. The van der Waals surface area contributed by atoms with Crippen LogP contribution in [0.5, 0.6) is 0 Å². The first kappa shape index (κ1) is 12.7. The van der Waals surface area contributed by atoms with E-state index in [1.54, 1.807) is 0 Å². The number of rotatable bonds is 3. The fraction of sp³-hybridized carbons (Fsp3) is 0.545. The first-order valence-corrected chi connectivity index (χ1v) is 6.67. The van der Waals surface area contributed by atoms with Crippen LogP contribution in [0.4, 0.5) is 0 Å². The summed E-state index contributed by atoms with van der Waals surface area (Å²) in [5.41, 5.74) is 0. The minimum absolute atomic E-state index is 0.121. The molecule has 0 aliphatic heterocycles. The Kier molecular flexibility index (Phi) is 4.34. The quantitative estimate of drug-likeness (QED) is 0.829. The summed E-state index contributed by atoms with van der Waals surface area (Å²) in [5, 5.41) is 1.94. The summed E-state index contributed by atoms with van der Waals surface area (Å²) in [6.45, 7) is 8.17. The van der Waals surface area contributed by atoms with Crippen LogP contribution in [0.2, 0.25) is 0 Å². The maximum Gasteiger partial charge on any atom is 0.264 e. The van der Waals surface area contributed by atoms with E-state index in [4.69, 9.17) is 0 Å². The monoisotopic (exact) mass is 289 g/mol. The van der Waals surface area contributed by atoms with Crippen molar-refractivity contribution in [1.82, 2.24) is 4.90 Å². The molecule has 0 aliphatic carbocycles. The van der Waals surface area contributed by atoms with Gasteiger partial charge in [0.1, 0.15) is 0 Å². The van der Waals surface area contributed by atoms with E-state index in [0.29, 0.717) is 0 Å². The number of amides is 1. The third-order valence-corrected chi connectivity index (χ3v) is 3.80. The van der Waals surface area contributed by atoms with Crippen molar-refractivity contribution in [2.24, 2.45) is 0 Å². The van der Waals surface area contributed by atoms with Crippen molar-refractivity contribution in [3.8, 4) is 0 Å². The molecule has 0 radical (unpaired) electrons. The number of thiophene rings is 1. The first-order chi connectivity index (χ1) is 6.93. The maximum atomic E-state index is 12.2. The first-order valence-electron chi connectivity index (χ1n) is 5.00. The molecule has 0 N–H and O–H groups in total. The van der Waals surface area contributed by atoms with Gasteiger partial charge in [0, 0.05) is 21.9 Å². The zero-order valence-electron chi connectivity index (χ0n) is 9.45. The lowest BCUT2D eigenvalue weighted by Gasteiger charge is -2.30. The molecule has 1 aromatic rings. The van der Waals surface area contributed by atoms with Crippen molar-refractivity contribution in [3.05, 3.63) is 20.8 Å². The molecular weight excluding hydrogens is 274 g/mol. The smallest absolute Gasteiger partial charge is 0.264 e. The minimum Gasteiger partial charge on any atom is -0.333 e. The number of halogens is 1. The van der Waals surface area contributed by atoms with Crippen LogP contribution >= 0.6 is 27.3 Å². The molecule has 1 heterocycles. The predicted octanol–water partition coefficient (Wildman–Crippen LogP) is 3.77. The van der Waals surface area contributed by atoms with Crippen LogP contribution in [-0.4, -0.2) is 22.9 Å². The Morgan fingerprint density at radius 2 is 1.87 bits per heavy atom. The van der Waals surface area contributed by atoms with E-state index in [-0.39, 0.29) is 18.0 Å². The predicted molar refractivity (Wildman–Crippen MR) is 68.5 cm³/mol. The Labute approximate surface area is 103 Å². The zero-order valence-corrected chi connectivity index (χ0v) is 11.9. The van der Waals surface area contributed by atoms with E-state index in [1.807, 2.05) is 44.0 Å². The molecule has 1 rings (SSSR count). The standard InChI is InChI=1S/C11H16BrNOS/c1-7(2)13(8(3)4)11(14)10-5-9(12)6-15-10/h5-8H,1-4H3. The SMILES string of the molecule is CC(C)N(C(=O)c1cc(Br)cs1)C(C)C. The molecule has 84 valence electrons. The lowest BCUT2D eigenvalue weighted by Crippen LogP contribution is -2.41. The van der Waals surface area contributed by atoms with E-state index in [1.165, 1.54) is 11.3 Å². The van der Waals surface area contributed by atoms with Gasteiger partial charge in [-0.15, -0.1) is 11.3 Å². The van der Waals surface area contributed by atoms with Crippen molar-refractivity contribution in [2.45, 2.75) is 39.8 Å². The number of carbonyl (C=O) groups excluding carboxylic acids is 1. The van der Waals surface area contributed by atoms with Gasteiger partial charge >= 0.3 is 0 Å². The Hall–Kier alpha value is -0.350. The van der Waals surface area contributed by atoms with Gasteiger partial charge in [-0.2, -0.15) is 0 Å². The minimum atomic E-state index is 0.121. The number of nitrogens with zero attached hydrogens (tertiary/aromatic N) is 1. The molecule has 0 aromatic carbocycles. The van der Waals surface area contributed by atoms with Gasteiger partial charge in [-0.1, -0.05) is 0 Å². The molecule has 0 aliphatic rings. The van der Waals surface area contributed by atoms with E-state index >= 15 is 0 Å². The molecule has 0 fully saturated rings. The van der Waals surface area contributed by atoms with Crippen LogP contribution in [0.3, 0.4) is 0 Å². The highest BCUT2D eigenvalue weighted by atomic mass is 79.9. The second kappa shape index (κ2) is 5.12. The molecule has 0 saturated heterocycles. The Bertz CT molecular complexity index is 338. The Morgan fingerprint density at radius 3 is 2.20 bits per heavy atom. The summed E-state index contributed by atoms with van der Waals surface area (Å²) in [6, 6.07) is 2.35. The highest BCUT2D eigenvalue weighted by Crippen LogP contribution is 2.22. The molecule has 1 aromatic heterocycles. The third kappa shape index (κ3) is 3.05. The van der Waals surface area contributed by atoms with E-state index in [2.05, 4.69) is 15.9 Å². The van der Waals surface area contributed by atoms with E-state index < -0.39 is 0 Å². The van der Waals surface area contributed by atoms with Gasteiger partial charge in [-0.25, -0.2) is 0 Å². The van der Waals surface area contributed by atoms with Gasteiger partial charge in [0.25, 0.3) is 5.91 Å². The van der Waals surface area contributed by atoms with Crippen LogP contribution < -0.4 is 0 Å². The van der Waals surface area contributed by atoms with Crippen molar-refractivity contribution in [1.29, 1.82) is 0 Å². The highest BCUT2D eigenvalue weighted by Gasteiger charge is 2.22. The Balaban J connectivity index is 2.91. The summed E-state index contributed by atoms with van der Waals surface area (Å²) in [4.78, 5) is 14.9. The third-order valence-electron chi connectivity index (χ3n) is 2.13. The summed E-state index contributed by atoms with van der Waals surface area (Å²) >= 11 is 4.85. The summed E-state index contributed by atoms with van der Waals surface area (Å²) < 4.78 is 0.975. The average Bonchev–Trinajstić information content (AvgIpc) is 2.50. The molecule has 0 bridgehead atoms. The average molecular weight is 290 g/mol. The molecular formula is C11H16BrNOS. The van der Waals surface area contributed by atoms with E-state index in [9.17, 15) is 4.79 Å². The normalized spacial score (nSPS) is 11.1. The molecule has 1 amide bonds. The van der Waals surface area contributed by atoms with Crippen molar-refractivity contribution in [2.75, 3.05) is 0 Å². The molecule has 4 heteroatoms. The van der Waals surface area contributed by atoms with Gasteiger partial charge in [-0.05, 0) is 49.7 Å².